The highest BCUT2D eigenvalue weighted by Gasteiger charge is 2.35. The minimum absolute atomic E-state index is 0.0483. The molecule has 1 amide bonds. The third kappa shape index (κ3) is 3.96. The van der Waals surface area contributed by atoms with Gasteiger partial charge < -0.3 is 15.2 Å². The normalized spacial score (nSPS) is 16.5. The molecule has 0 saturated heterocycles. The Balaban J connectivity index is 1.62. The average molecular weight is 263 g/mol. The number of amides is 1. The van der Waals surface area contributed by atoms with E-state index in [2.05, 4.69) is 5.32 Å². The molecule has 2 rings (SSSR count). The predicted octanol–water partition coefficient (Wildman–Crippen LogP) is 2.47. The molecule has 2 N–H and O–H groups in total. The Bertz CT molecular complexity index is 396. The standard InChI is InChI=1S/C15H21NO3/c17-12-15(7-4-8-15)9-10-16-14(18)19-11-13-5-2-1-3-6-13/h1-3,5-6,17H,4,7-12H2,(H,16,18). The monoisotopic (exact) mass is 263 g/mol. The Morgan fingerprint density at radius 2 is 2.05 bits per heavy atom. The van der Waals surface area contributed by atoms with Gasteiger partial charge in [-0.25, -0.2) is 4.79 Å². The van der Waals surface area contributed by atoms with Crippen molar-refractivity contribution in [2.45, 2.75) is 32.3 Å². The fourth-order valence-electron chi connectivity index (χ4n) is 2.37. The summed E-state index contributed by atoms with van der Waals surface area (Å²) in [5, 5.41) is 12.0. The van der Waals surface area contributed by atoms with Crippen molar-refractivity contribution in [2.24, 2.45) is 5.41 Å². The van der Waals surface area contributed by atoms with Crippen LogP contribution in [-0.4, -0.2) is 24.4 Å². The molecule has 0 unspecified atom stereocenters. The molecule has 104 valence electrons. The molecule has 0 aliphatic heterocycles. The second-order valence-electron chi connectivity index (χ2n) is 5.25. The molecule has 19 heavy (non-hydrogen) atoms. The van der Waals surface area contributed by atoms with Crippen molar-refractivity contribution in [2.75, 3.05) is 13.2 Å². The summed E-state index contributed by atoms with van der Waals surface area (Å²) in [5.41, 5.74) is 1.02. The molecule has 1 fully saturated rings. The zero-order valence-electron chi connectivity index (χ0n) is 11.1. The third-order valence-electron chi connectivity index (χ3n) is 3.89. The number of alkyl carbamates (subject to hydrolysis) is 1. The van der Waals surface area contributed by atoms with Crippen LogP contribution in [0.2, 0.25) is 0 Å². The summed E-state index contributed by atoms with van der Waals surface area (Å²) < 4.78 is 5.12. The highest BCUT2D eigenvalue weighted by atomic mass is 16.5. The molecule has 4 heteroatoms. The van der Waals surface area contributed by atoms with E-state index in [1.807, 2.05) is 30.3 Å². The Kier molecular flexibility index (Phi) is 4.80. The number of carbonyl (C=O) groups excluding carboxylic acids is 1. The second-order valence-corrected chi connectivity index (χ2v) is 5.25. The zero-order chi connectivity index (χ0) is 13.6. The smallest absolute Gasteiger partial charge is 0.407 e. The molecule has 0 atom stereocenters. The molecule has 0 heterocycles. The zero-order valence-corrected chi connectivity index (χ0v) is 11.1. The van der Waals surface area contributed by atoms with Gasteiger partial charge in [0.05, 0.1) is 0 Å². The van der Waals surface area contributed by atoms with Crippen LogP contribution in [0.4, 0.5) is 4.79 Å². The van der Waals surface area contributed by atoms with Crippen LogP contribution in [-0.2, 0) is 11.3 Å². The van der Waals surface area contributed by atoms with Gasteiger partial charge in [0.25, 0.3) is 0 Å². The van der Waals surface area contributed by atoms with Crippen molar-refractivity contribution in [1.29, 1.82) is 0 Å². The highest BCUT2D eigenvalue weighted by Crippen LogP contribution is 2.42. The van der Waals surface area contributed by atoms with Gasteiger partial charge in [0.15, 0.2) is 0 Å². The van der Waals surface area contributed by atoms with Crippen molar-refractivity contribution in [3.8, 4) is 0 Å². The first-order chi connectivity index (χ1) is 9.24. The Hall–Kier alpha value is -1.55. The van der Waals surface area contributed by atoms with Gasteiger partial charge in [0, 0.05) is 13.2 Å². The summed E-state index contributed by atoms with van der Waals surface area (Å²) in [4.78, 5) is 11.5. The van der Waals surface area contributed by atoms with Crippen LogP contribution in [0.3, 0.4) is 0 Å². The second kappa shape index (κ2) is 6.57. The van der Waals surface area contributed by atoms with Crippen LogP contribution in [0.25, 0.3) is 0 Å². The molecule has 4 nitrogen and oxygen atoms in total. The number of hydrogen-bond donors (Lipinski definition) is 2. The molecule has 1 aromatic rings. The summed E-state index contributed by atoms with van der Waals surface area (Å²) >= 11 is 0. The maximum Gasteiger partial charge on any atom is 0.407 e. The van der Waals surface area contributed by atoms with E-state index in [4.69, 9.17) is 4.74 Å². The maximum absolute atomic E-state index is 11.5. The Morgan fingerprint density at radius 3 is 2.63 bits per heavy atom. The van der Waals surface area contributed by atoms with E-state index >= 15 is 0 Å². The van der Waals surface area contributed by atoms with Gasteiger partial charge in [0.2, 0.25) is 0 Å². The van der Waals surface area contributed by atoms with Crippen LogP contribution in [0.1, 0.15) is 31.2 Å². The summed E-state index contributed by atoms with van der Waals surface area (Å²) in [6, 6.07) is 9.59. The SMILES string of the molecule is O=C(NCCC1(CO)CCC1)OCc1ccccc1. The number of benzene rings is 1. The van der Waals surface area contributed by atoms with Crippen LogP contribution in [0.15, 0.2) is 30.3 Å². The van der Waals surface area contributed by atoms with E-state index in [0.29, 0.717) is 6.54 Å². The maximum atomic E-state index is 11.5. The number of nitrogens with one attached hydrogen (secondary N) is 1. The molecule has 1 aliphatic carbocycles. The van der Waals surface area contributed by atoms with Gasteiger partial charge in [0.1, 0.15) is 6.61 Å². The summed E-state index contributed by atoms with van der Waals surface area (Å²) in [5.74, 6) is 0. The first kappa shape index (κ1) is 13.9. The topological polar surface area (TPSA) is 58.6 Å². The van der Waals surface area contributed by atoms with Crippen molar-refractivity contribution in [3.05, 3.63) is 35.9 Å². The van der Waals surface area contributed by atoms with Crippen LogP contribution in [0, 0.1) is 5.41 Å². The van der Waals surface area contributed by atoms with Crippen molar-refractivity contribution < 1.29 is 14.6 Å². The van der Waals surface area contributed by atoms with E-state index in [1.165, 1.54) is 6.42 Å². The number of carbonyl (C=O) groups is 1. The van der Waals surface area contributed by atoms with Crippen LogP contribution >= 0.6 is 0 Å². The van der Waals surface area contributed by atoms with Crippen LogP contribution < -0.4 is 5.32 Å². The molecule has 0 bridgehead atoms. The fraction of sp³-hybridized carbons (Fsp3) is 0.533. The summed E-state index contributed by atoms with van der Waals surface area (Å²) in [6.45, 7) is 1.07. The lowest BCUT2D eigenvalue weighted by atomic mass is 9.67. The van der Waals surface area contributed by atoms with Gasteiger partial charge in [-0.15, -0.1) is 0 Å². The molecule has 1 saturated carbocycles. The fourth-order valence-corrected chi connectivity index (χ4v) is 2.37. The first-order valence-corrected chi connectivity index (χ1v) is 6.80. The first-order valence-electron chi connectivity index (χ1n) is 6.80. The van der Waals surface area contributed by atoms with E-state index < -0.39 is 6.09 Å². The van der Waals surface area contributed by atoms with Crippen molar-refractivity contribution in [3.63, 3.8) is 0 Å². The average Bonchev–Trinajstić information content (AvgIpc) is 2.41. The molecular weight excluding hydrogens is 242 g/mol. The lowest BCUT2D eigenvalue weighted by Crippen LogP contribution is -2.37. The van der Waals surface area contributed by atoms with E-state index in [0.717, 1.165) is 24.8 Å². The summed E-state index contributed by atoms with van der Waals surface area (Å²) in [6.07, 6.45) is 3.73. The number of hydrogen-bond acceptors (Lipinski definition) is 3. The van der Waals surface area contributed by atoms with Gasteiger partial charge in [-0.2, -0.15) is 0 Å². The molecule has 0 aromatic heterocycles. The quantitative estimate of drug-likeness (QED) is 0.829. The number of rotatable bonds is 6. The minimum atomic E-state index is -0.392. The van der Waals surface area contributed by atoms with Gasteiger partial charge in [-0.3, -0.25) is 0 Å². The number of aliphatic hydroxyl groups is 1. The predicted molar refractivity (Wildman–Crippen MR) is 72.6 cm³/mol. The number of ether oxygens (including phenoxy) is 1. The Morgan fingerprint density at radius 1 is 1.32 bits per heavy atom. The van der Waals surface area contributed by atoms with Crippen molar-refractivity contribution in [1.82, 2.24) is 5.32 Å². The van der Waals surface area contributed by atoms with Gasteiger partial charge in [-0.1, -0.05) is 36.8 Å². The van der Waals surface area contributed by atoms with Gasteiger partial charge in [-0.05, 0) is 30.2 Å². The van der Waals surface area contributed by atoms with Crippen molar-refractivity contribution >= 4 is 6.09 Å². The summed E-state index contributed by atoms with van der Waals surface area (Å²) in [7, 11) is 0. The van der Waals surface area contributed by atoms with Gasteiger partial charge >= 0.3 is 6.09 Å². The number of aliphatic hydroxyl groups excluding tert-OH is 1. The lowest BCUT2D eigenvalue weighted by molar-refractivity contribution is 0.0359. The molecule has 1 aromatic carbocycles. The lowest BCUT2D eigenvalue weighted by Gasteiger charge is -2.40. The highest BCUT2D eigenvalue weighted by molar-refractivity contribution is 5.67. The van der Waals surface area contributed by atoms with E-state index in [9.17, 15) is 9.90 Å². The molecule has 1 aliphatic rings. The van der Waals surface area contributed by atoms with Crippen LogP contribution in [0.5, 0.6) is 0 Å². The Labute approximate surface area is 113 Å². The van der Waals surface area contributed by atoms with E-state index in [1.54, 1.807) is 0 Å². The minimum Gasteiger partial charge on any atom is -0.445 e. The molecule has 0 spiro atoms. The molecule has 0 radical (unpaired) electrons. The molecular formula is C15H21NO3. The third-order valence-corrected chi connectivity index (χ3v) is 3.89. The van der Waals surface area contributed by atoms with E-state index in [-0.39, 0.29) is 18.6 Å². The largest absolute Gasteiger partial charge is 0.445 e.